The van der Waals surface area contributed by atoms with Gasteiger partial charge < -0.3 is 4.98 Å². The summed E-state index contributed by atoms with van der Waals surface area (Å²) < 4.78 is 13.0. The second-order valence-electron chi connectivity index (χ2n) is 6.70. The first-order valence-corrected chi connectivity index (χ1v) is 9.38. The highest BCUT2D eigenvalue weighted by molar-refractivity contribution is 7.18. The highest BCUT2D eigenvalue weighted by Gasteiger charge is 2.20. The van der Waals surface area contributed by atoms with Crippen molar-refractivity contribution in [3.05, 3.63) is 62.3 Å². The van der Waals surface area contributed by atoms with E-state index in [1.807, 2.05) is 7.05 Å². The Labute approximate surface area is 149 Å². The summed E-state index contributed by atoms with van der Waals surface area (Å²) in [5.41, 5.74) is 2.22. The van der Waals surface area contributed by atoms with E-state index in [2.05, 4.69) is 9.88 Å². The van der Waals surface area contributed by atoms with Crippen LogP contribution in [0.15, 0.2) is 29.1 Å². The van der Waals surface area contributed by atoms with E-state index in [4.69, 9.17) is 4.98 Å². The summed E-state index contributed by atoms with van der Waals surface area (Å²) in [5, 5.41) is 0.796. The quantitative estimate of drug-likeness (QED) is 0.776. The van der Waals surface area contributed by atoms with E-state index in [-0.39, 0.29) is 11.4 Å². The fourth-order valence-corrected chi connectivity index (χ4v) is 4.78. The molecule has 2 aromatic heterocycles. The number of aromatic amines is 1. The van der Waals surface area contributed by atoms with Crippen LogP contribution in [0.1, 0.15) is 34.7 Å². The summed E-state index contributed by atoms with van der Waals surface area (Å²) in [5.74, 6) is 0.449. The van der Waals surface area contributed by atoms with Gasteiger partial charge >= 0.3 is 0 Å². The molecule has 3 aromatic rings. The monoisotopic (exact) mass is 357 g/mol. The Morgan fingerprint density at radius 1 is 1.20 bits per heavy atom. The zero-order chi connectivity index (χ0) is 17.4. The molecule has 0 bridgehead atoms. The Balaban J connectivity index is 1.57. The van der Waals surface area contributed by atoms with Crippen LogP contribution in [0.4, 0.5) is 4.39 Å². The first-order valence-electron chi connectivity index (χ1n) is 8.56. The molecule has 0 fully saturated rings. The third-order valence-corrected chi connectivity index (χ3v) is 5.85. The van der Waals surface area contributed by atoms with E-state index in [9.17, 15) is 9.18 Å². The fourth-order valence-electron chi connectivity index (χ4n) is 3.50. The van der Waals surface area contributed by atoms with Crippen molar-refractivity contribution >= 4 is 21.6 Å². The van der Waals surface area contributed by atoms with Gasteiger partial charge in [0.05, 0.1) is 11.9 Å². The number of aromatic nitrogens is 2. The fraction of sp³-hybridized carbons (Fsp3) is 0.368. The van der Waals surface area contributed by atoms with Gasteiger partial charge in [-0.3, -0.25) is 9.69 Å². The maximum Gasteiger partial charge on any atom is 0.259 e. The molecule has 0 saturated carbocycles. The normalized spacial score (nSPS) is 14.2. The van der Waals surface area contributed by atoms with Crippen molar-refractivity contribution in [2.45, 2.75) is 38.8 Å². The first-order chi connectivity index (χ1) is 12.1. The molecule has 0 unspecified atom stereocenters. The molecule has 0 aliphatic heterocycles. The molecule has 6 heteroatoms. The van der Waals surface area contributed by atoms with Crippen LogP contribution in [-0.2, 0) is 25.9 Å². The number of benzene rings is 1. The van der Waals surface area contributed by atoms with Crippen LogP contribution in [0.3, 0.4) is 0 Å². The lowest BCUT2D eigenvalue weighted by molar-refractivity contribution is 0.310. The number of hydrogen-bond donors (Lipinski definition) is 1. The summed E-state index contributed by atoms with van der Waals surface area (Å²) in [6.07, 6.45) is 4.41. The second kappa shape index (κ2) is 6.69. The molecule has 0 amide bonds. The van der Waals surface area contributed by atoms with E-state index < -0.39 is 0 Å². The minimum Gasteiger partial charge on any atom is -0.309 e. The van der Waals surface area contributed by atoms with Gasteiger partial charge in [0.25, 0.3) is 5.56 Å². The van der Waals surface area contributed by atoms with Gasteiger partial charge in [-0.15, -0.1) is 11.3 Å². The SMILES string of the molecule is CN(Cc1ccc(F)cc1)Cc1nc2sc3c(c2c(=O)[nH]1)CCCC3. The van der Waals surface area contributed by atoms with Crippen molar-refractivity contribution in [1.29, 1.82) is 0 Å². The predicted octanol–water partition coefficient (Wildman–Crippen LogP) is 3.63. The minimum absolute atomic E-state index is 0.0189. The molecule has 0 atom stereocenters. The number of fused-ring (bicyclic) bond motifs is 3. The van der Waals surface area contributed by atoms with E-state index in [1.54, 1.807) is 23.5 Å². The standard InChI is InChI=1S/C19H20FN3OS/c1-23(10-12-6-8-13(20)9-7-12)11-16-21-18(24)17-14-4-2-3-5-15(14)25-19(17)22-16/h6-9H,2-5,10-11H2,1H3,(H,21,22,24). The zero-order valence-electron chi connectivity index (χ0n) is 14.1. The number of nitrogens with one attached hydrogen (secondary N) is 1. The first kappa shape index (κ1) is 16.4. The number of halogens is 1. The van der Waals surface area contributed by atoms with Gasteiger partial charge in [-0.1, -0.05) is 12.1 Å². The third kappa shape index (κ3) is 3.37. The van der Waals surface area contributed by atoms with Crippen molar-refractivity contribution in [2.24, 2.45) is 0 Å². The van der Waals surface area contributed by atoms with Crippen LogP contribution in [0.2, 0.25) is 0 Å². The van der Waals surface area contributed by atoms with Gasteiger partial charge in [-0.2, -0.15) is 0 Å². The van der Waals surface area contributed by atoms with Crippen LogP contribution in [-0.4, -0.2) is 21.9 Å². The van der Waals surface area contributed by atoms with Crippen LogP contribution < -0.4 is 5.56 Å². The van der Waals surface area contributed by atoms with Crippen molar-refractivity contribution in [3.8, 4) is 0 Å². The van der Waals surface area contributed by atoms with E-state index in [0.717, 1.165) is 35.0 Å². The van der Waals surface area contributed by atoms with Gasteiger partial charge in [0, 0.05) is 11.4 Å². The maximum atomic E-state index is 13.0. The molecule has 4 rings (SSSR count). The lowest BCUT2D eigenvalue weighted by Gasteiger charge is -2.16. The number of aryl methyl sites for hydroxylation is 2. The summed E-state index contributed by atoms with van der Waals surface area (Å²) in [7, 11) is 1.97. The Morgan fingerprint density at radius 3 is 2.76 bits per heavy atom. The molecule has 1 aliphatic rings. The molecule has 25 heavy (non-hydrogen) atoms. The number of rotatable bonds is 4. The van der Waals surface area contributed by atoms with Gasteiger partial charge in [0.15, 0.2) is 0 Å². The number of hydrogen-bond acceptors (Lipinski definition) is 4. The molecule has 0 spiro atoms. The molecule has 1 N–H and O–H groups in total. The van der Waals surface area contributed by atoms with Crippen molar-refractivity contribution in [2.75, 3.05) is 7.05 Å². The molecule has 2 heterocycles. The lowest BCUT2D eigenvalue weighted by Crippen LogP contribution is -2.21. The van der Waals surface area contributed by atoms with Crippen LogP contribution in [0, 0.1) is 5.82 Å². The van der Waals surface area contributed by atoms with Crippen LogP contribution >= 0.6 is 11.3 Å². The largest absolute Gasteiger partial charge is 0.309 e. The number of nitrogens with zero attached hydrogens (tertiary/aromatic N) is 2. The minimum atomic E-state index is -0.232. The van der Waals surface area contributed by atoms with Crippen molar-refractivity contribution in [1.82, 2.24) is 14.9 Å². The average Bonchev–Trinajstić information content (AvgIpc) is 2.95. The molecule has 130 valence electrons. The molecule has 1 aromatic carbocycles. The molecule has 4 nitrogen and oxygen atoms in total. The smallest absolute Gasteiger partial charge is 0.259 e. The Kier molecular flexibility index (Phi) is 4.39. The van der Waals surface area contributed by atoms with E-state index >= 15 is 0 Å². The summed E-state index contributed by atoms with van der Waals surface area (Å²) >= 11 is 1.67. The molecule has 0 saturated heterocycles. The number of H-pyrrole nitrogens is 1. The van der Waals surface area contributed by atoms with Gasteiger partial charge in [-0.05, 0) is 56.0 Å². The van der Waals surface area contributed by atoms with E-state index in [1.165, 1.54) is 29.0 Å². The van der Waals surface area contributed by atoms with Gasteiger partial charge in [0.2, 0.25) is 0 Å². The summed E-state index contributed by atoms with van der Waals surface area (Å²) in [4.78, 5) is 24.5. The topological polar surface area (TPSA) is 49.0 Å². The zero-order valence-corrected chi connectivity index (χ0v) is 15.0. The Hall–Kier alpha value is -2.05. The average molecular weight is 357 g/mol. The van der Waals surface area contributed by atoms with Crippen molar-refractivity contribution < 1.29 is 4.39 Å². The van der Waals surface area contributed by atoms with Crippen LogP contribution in [0.5, 0.6) is 0 Å². The highest BCUT2D eigenvalue weighted by atomic mass is 32.1. The predicted molar refractivity (Wildman–Crippen MR) is 98.5 cm³/mol. The molecule has 0 radical (unpaired) electrons. The molecule has 1 aliphatic carbocycles. The summed E-state index contributed by atoms with van der Waals surface area (Å²) in [6, 6.07) is 6.48. The highest BCUT2D eigenvalue weighted by Crippen LogP contribution is 2.33. The Bertz CT molecular complexity index is 961. The van der Waals surface area contributed by atoms with Crippen LogP contribution in [0.25, 0.3) is 10.2 Å². The third-order valence-electron chi connectivity index (χ3n) is 4.66. The lowest BCUT2D eigenvalue weighted by atomic mass is 9.97. The molecular formula is C19H20FN3OS. The Morgan fingerprint density at radius 2 is 1.96 bits per heavy atom. The second-order valence-corrected chi connectivity index (χ2v) is 7.79. The summed E-state index contributed by atoms with van der Waals surface area (Å²) in [6.45, 7) is 1.22. The molecular weight excluding hydrogens is 337 g/mol. The number of thiophene rings is 1. The van der Waals surface area contributed by atoms with E-state index in [0.29, 0.717) is 18.9 Å². The maximum absolute atomic E-state index is 13.0. The van der Waals surface area contributed by atoms with Crippen molar-refractivity contribution in [3.63, 3.8) is 0 Å². The van der Waals surface area contributed by atoms with Gasteiger partial charge in [-0.25, -0.2) is 9.37 Å². The van der Waals surface area contributed by atoms with Gasteiger partial charge in [0.1, 0.15) is 16.5 Å².